The molecule has 53 heavy (non-hydrogen) atoms. The van der Waals surface area contributed by atoms with Crippen molar-refractivity contribution in [1.29, 1.82) is 0 Å². The van der Waals surface area contributed by atoms with Crippen molar-refractivity contribution in [3.63, 3.8) is 0 Å². The minimum absolute atomic E-state index is 0. The smallest absolute Gasteiger partial charge is 0.135 e. The van der Waals surface area contributed by atoms with Gasteiger partial charge in [0.2, 0.25) is 0 Å². The summed E-state index contributed by atoms with van der Waals surface area (Å²) in [6.07, 6.45) is 1.93. The van der Waals surface area contributed by atoms with Crippen molar-refractivity contribution in [2.45, 2.75) is 78.2 Å². The first-order valence-corrected chi connectivity index (χ1v) is 18.3. The summed E-state index contributed by atoms with van der Waals surface area (Å²) in [5, 5.41) is 2.37. The molecule has 272 valence electrons. The SMILES string of the molecule is CC(C)(C)c1cccc(CN2[CH-]N(c3[c-]c(C(C)(C)c4[c-]c5c(cc4)c4ccccc4n5-c4cc(C(C)(C)C)ccn4)ccc3)c3ccccc32)c1.[Pt]. The summed E-state index contributed by atoms with van der Waals surface area (Å²) in [6, 6.07) is 49.4. The first kappa shape index (κ1) is 36.7. The van der Waals surface area contributed by atoms with Gasteiger partial charge in [-0.3, -0.25) is 0 Å². The van der Waals surface area contributed by atoms with E-state index >= 15 is 0 Å². The molecule has 0 atom stereocenters. The fourth-order valence-corrected chi connectivity index (χ4v) is 7.43. The van der Waals surface area contributed by atoms with Gasteiger partial charge in [0.15, 0.2) is 0 Å². The summed E-state index contributed by atoms with van der Waals surface area (Å²) in [5.74, 6) is 0.913. The van der Waals surface area contributed by atoms with Crippen molar-refractivity contribution in [3.8, 4) is 5.82 Å². The van der Waals surface area contributed by atoms with Gasteiger partial charge in [-0.2, -0.15) is 60.3 Å². The van der Waals surface area contributed by atoms with E-state index < -0.39 is 0 Å². The quantitative estimate of drug-likeness (QED) is 0.156. The zero-order valence-corrected chi connectivity index (χ0v) is 34.2. The second-order valence-corrected chi connectivity index (χ2v) is 16.8. The summed E-state index contributed by atoms with van der Waals surface area (Å²) >= 11 is 0. The first-order chi connectivity index (χ1) is 24.8. The molecule has 4 nitrogen and oxygen atoms in total. The largest absolute Gasteiger partial charge is 0.498 e. The molecule has 0 N–H and O–H groups in total. The van der Waals surface area contributed by atoms with Crippen LogP contribution in [0.5, 0.6) is 0 Å². The van der Waals surface area contributed by atoms with Gasteiger partial charge < -0.3 is 14.4 Å². The number of nitrogens with zero attached hydrogens (tertiary/aromatic N) is 4. The second kappa shape index (κ2) is 13.6. The second-order valence-electron chi connectivity index (χ2n) is 16.8. The van der Waals surface area contributed by atoms with Gasteiger partial charge in [-0.05, 0) is 68.7 Å². The van der Waals surface area contributed by atoms with Crippen LogP contribution < -0.4 is 9.80 Å². The average molecular weight is 875 g/mol. The van der Waals surface area contributed by atoms with Crippen LogP contribution in [0.3, 0.4) is 0 Å². The van der Waals surface area contributed by atoms with Crippen molar-refractivity contribution in [1.82, 2.24) is 9.55 Å². The van der Waals surface area contributed by atoms with E-state index in [0.717, 1.165) is 45.9 Å². The van der Waals surface area contributed by atoms with Gasteiger partial charge in [-0.1, -0.05) is 116 Å². The maximum Gasteiger partial charge on any atom is 0.135 e. The van der Waals surface area contributed by atoms with Crippen molar-refractivity contribution < 1.29 is 21.1 Å². The minimum atomic E-state index is -0.376. The third-order valence-corrected chi connectivity index (χ3v) is 10.7. The zero-order chi connectivity index (χ0) is 36.4. The summed E-state index contributed by atoms with van der Waals surface area (Å²) in [5.41, 5.74) is 11.4. The molecule has 8 rings (SSSR count). The number of hydrogen-bond donors (Lipinski definition) is 0. The Hall–Kier alpha value is -4.66. The third kappa shape index (κ3) is 6.72. The van der Waals surface area contributed by atoms with Crippen LogP contribution in [0.15, 0.2) is 121 Å². The molecule has 0 spiro atoms. The van der Waals surface area contributed by atoms with E-state index in [1.807, 2.05) is 6.20 Å². The van der Waals surface area contributed by atoms with Gasteiger partial charge >= 0.3 is 0 Å². The Morgan fingerprint density at radius 2 is 1.30 bits per heavy atom. The predicted octanol–water partition coefficient (Wildman–Crippen LogP) is 12.0. The molecule has 7 aromatic rings. The molecular weight excluding hydrogens is 828 g/mol. The molecule has 0 bridgehead atoms. The Kier molecular flexibility index (Phi) is 9.44. The van der Waals surface area contributed by atoms with E-state index in [1.54, 1.807) is 0 Å². The molecule has 1 aliphatic heterocycles. The minimum Gasteiger partial charge on any atom is -0.498 e. The van der Waals surface area contributed by atoms with Gasteiger partial charge in [0.1, 0.15) is 5.82 Å². The Balaban J connectivity index is 0.00000435. The van der Waals surface area contributed by atoms with Gasteiger partial charge in [-0.15, -0.1) is 11.1 Å². The van der Waals surface area contributed by atoms with E-state index in [-0.39, 0.29) is 37.3 Å². The standard InChI is InChI=1S/C48H47N4.Pt/c1-46(2,3)34-16-13-15-33(27-34)31-50-32-51(43-22-12-11-21-42(43)50)38-18-14-17-36(28-38)48(7,8)37-23-24-40-39-19-9-10-20-41(39)52(44(40)29-37)45-30-35(25-26-49-45)47(4,5)6;/h9-27,30,32H,31H2,1-8H3;/q-3;. The van der Waals surface area contributed by atoms with Crippen LogP contribution in [0.2, 0.25) is 0 Å². The van der Waals surface area contributed by atoms with Crippen LogP contribution in [0.4, 0.5) is 17.1 Å². The maximum absolute atomic E-state index is 4.89. The number of aromatic nitrogens is 2. The number of para-hydroxylation sites is 3. The van der Waals surface area contributed by atoms with Crippen LogP contribution in [-0.4, -0.2) is 9.55 Å². The Labute approximate surface area is 329 Å². The summed E-state index contributed by atoms with van der Waals surface area (Å²) in [7, 11) is 0. The van der Waals surface area contributed by atoms with Crippen LogP contribution in [0.1, 0.15) is 83.2 Å². The molecule has 3 heterocycles. The van der Waals surface area contributed by atoms with E-state index in [4.69, 9.17) is 4.98 Å². The number of rotatable bonds is 6. The van der Waals surface area contributed by atoms with Gasteiger partial charge in [0.25, 0.3) is 0 Å². The molecule has 0 amide bonds. The number of anilines is 3. The van der Waals surface area contributed by atoms with E-state index in [2.05, 4.69) is 204 Å². The number of fused-ring (bicyclic) bond motifs is 4. The molecule has 0 saturated carbocycles. The number of hydrogen-bond acceptors (Lipinski definition) is 3. The fourth-order valence-electron chi connectivity index (χ4n) is 7.43. The number of benzene rings is 5. The monoisotopic (exact) mass is 874 g/mol. The topological polar surface area (TPSA) is 24.3 Å². The van der Waals surface area contributed by atoms with E-state index in [0.29, 0.717) is 0 Å². The molecule has 0 aliphatic carbocycles. The first-order valence-electron chi connectivity index (χ1n) is 18.3. The van der Waals surface area contributed by atoms with Crippen molar-refractivity contribution in [3.05, 3.63) is 168 Å². The van der Waals surface area contributed by atoms with E-state index in [9.17, 15) is 0 Å². The fraction of sp³-hybridized carbons (Fsp3) is 0.250. The average Bonchev–Trinajstić information content (AvgIpc) is 3.66. The molecule has 2 aromatic heterocycles. The summed E-state index contributed by atoms with van der Waals surface area (Å²) in [4.78, 5) is 9.52. The van der Waals surface area contributed by atoms with E-state index in [1.165, 1.54) is 33.2 Å². The maximum atomic E-state index is 4.89. The molecule has 5 aromatic carbocycles. The van der Waals surface area contributed by atoms with Gasteiger partial charge in [0.05, 0.1) is 0 Å². The van der Waals surface area contributed by atoms with Gasteiger partial charge in [0, 0.05) is 50.7 Å². The Bertz CT molecular complexity index is 2440. The van der Waals surface area contributed by atoms with Crippen molar-refractivity contribution in [2.75, 3.05) is 9.80 Å². The number of pyridine rings is 1. The molecule has 0 unspecified atom stereocenters. The zero-order valence-electron chi connectivity index (χ0n) is 31.9. The Morgan fingerprint density at radius 3 is 2.08 bits per heavy atom. The van der Waals surface area contributed by atoms with Crippen LogP contribution >= 0.6 is 0 Å². The van der Waals surface area contributed by atoms with Crippen LogP contribution in [0, 0.1) is 18.8 Å². The molecule has 0 fully saturated rings. The van der Waals surface area contributed by atoms with Crippen molar-refractivity contribution >= 4 is 38.9 Å². The third-order valence-electron chi connectivity index (χ3n) is 10.7. The molecule has 0 radical (unpaired) electrons. The molecule has 5 heteroatoms. The molecular formula is C48H47N4Pt-3. The van der Waals surface area contributed by atoms with Crippen molar-refractivity contribution in [2.24, 2.45) is 0 Å². The normalized spacial score (nSPS) is 13.4. The Morgan fingerprint density at radius 1 is 0.623 bits per heavy atom. The molecule has 0 saturated heterocycles. The predicted molar refractivity (Wildman–Crippen MR) is 218 cm³/mol. The molecule has 1 aliphatic rings. The van der Waals surface area contributed by atoms with Gasteiger partial charge in [-0.25, -0.2) is 4.98 Å². The van der Waals surface area contributed by atoms with Crippen LogP contribution in [0.25, 0.3) is 27.6 Å². The van der Waals surface area contributed by atoms with Crippen LogP contribution in [-0.2, 0) is 43.9 Å². The summed E-state index contributed by atoms with van der Waals surface area (Å²) < 4.78 is 2.28. The summed E-state index contributed by atoms with van der Waals surface area (Å²) in [6.45, 7) is 21.1.